The van der Waals surface area contributed by atoms with E-state index in [4.69, 9.17) is 9.47 Å². The Hall–Kier alpha value is -5.68. The summed E-state index contributed by atoms with van der Waals surface area (Å²) in [4.78, 5) is 31.8. The lowest BCUT2D eigenvalue weighted by atomic mass is 9.97. The van der Waals surface area contributed by atoms with Crippen molar-refractivity contribution in [1.29, 1.82) is 0 Å². The molecule has 352 valence electrons. The number of halogens is 1. The van der Waals surface area contributed by atoms with E-state index in [2.05, 4.69) is 136 Å². The third-order valence-electron chi connectivity index (χ3n) is 12.1. The fourth-order valence-corrected chi connectivity index (χ4v) is 11.5. The van der Waals surface area contributed by atoms with E-state index in [9.17, 15) is 8.42 Å². The van der Waals surface area contributed by atoms with E-state index in [0.29, 0.717) is 4.90 Å². The van der Waals surface area contributed by atoms with Gasteiger partial charge in [0.1, 0.15) is 5.88 Å². The molecule has 0 unspecified atom stereocenters. The Morgan fingerprint density at radius 2 is 1.09 bits per heavy atom. The molecule has 2 aromatic heterocycles. The zero-order valence-corrected chi connectivity index (χ0v) is 42.6. The first-order chi connectivity index (χ1) is 33.6. The van der Waals surface area contributed by atoms with Crippen LogP contribution in [0.5, 0.6) is 0 Å². The standard InChI is InChI=1S/C23H21N3OS.C23H21NO2S2.C8H10BrN3O/c1-16(20-14-24-23(25-15-20)26-8-10-27-11-9-26)17-6-7-22-19(12-17)13-18-4-2-3-5-21(18)28-22;1-16-7-10-21(11-8-16)28(25,26)15-24-17(2)18-9-12-23-20(13-18)14-19-5-3-4-6-22(19)27-23;9-7-5-10-8(11-6-7)12-1-3-13-4-2-12/h2-7,12,14-15H,1,8-11,13H2;3-13H,14-15H2,1-2H3;5-6H,1-4H2. The van der Waals surface area contributed by atoms with Crippen LogP contribution in [0.25, 0.3) is 5.57 Å². The molecule has 11 nitrogen and oxygen atoms in total. The van der Waals surface area contributed by atoms with Crippen LogP contribution in [-0.2, 0) is 32.2 Å². The molecule has 0 bridgehead atoms. The van der Waals surface area contributed by atoms with Crippen LogP contribution in [0, 0.1) is 6.92 Å². The van der Waals surface area contributed by atoms with Gasteiger partial charge in [0, 0.05) is 81.8 Å². The van der Waals surface area contributed by atoms with Crippen molar-refractivity contribution in [2.24, 2.45) is 4.99 Å². The molecule has 0 amide bonds. The Morgan fingerprint density at radius 1 is 0.623 bits per heavy atom. The topological polar surface area (TPSA) is 123 Å². The highest BCUT2D eigenvalue weighted by molar-refractivity contribution is 9.10. The third kappa shape index (κ3) is 12.2. The number of nitrogens with zero attached hydrogens (tertiary/aromatic N) is 7. The maximum Gasteiger partial charge on any atom is 0.225 e. The summed E-state index contributed by atoms with van der Waals surface area (Å²) in [5.41, 5.74) is 11.1. The number of anilines is 2. The number of rotatable bonds is 8. The number of aliphatic imine (C=N–C) groups is 1. The van der Waals surface area contributed by atoms with Gasteiger partial charge in [0.05, 0.1) is 35.8 Å². The van der Waals surface area contributed by atoms with Crippen LogP contribution in [0.4, 0.5) is 11.9 Å². The minimum atomic E-state index is -3.43. The molecule has 5 aromatic carbocycles. The van der Waals surface area contributed by atoms with E-state index in [1.807, 2.05) is 56.2 Å². The summed E-state index contributed by atoms with van der Waals surface area (Å²) < 4.78 is 36.6. The largest absolute Gasteiger partial charge is 0.378 e. The predicted molar refractivity (Wildman–Crippen MR) is 281 cm³/mol. The quantitative estimate of drug-likeness (QED) is 0.135. The van der Waals surface area contributed by atoms with E-state index in [1.54, 1.807) is 36.3 Å². The lowest BCUT2D eigenvalue weighted by Crippen LogP contribution is -2.37. The summed E-state index contributed by atoms with van der Waals surface area (Å²) in [6.45, 7) is 14.5. The first kappa shape index (κ1) is 48.3. The van der Waals surface area contributed by atoms with Gasteiger partial charge in [-0.15, -0.1) is 0 Å². The number of aryl methyl sites for hydroxylation is 1. The SMILES string of the molecule is Brc1cnc(N2CCOCC2)nc1.C=C(c1cnc(N2CCOCC2)nc1)c1ccc2c(c1)Cc1ccccc1S2.CC(=NCS(=O)(=O)c1ccc(C)cc1)c1ccc2c(c1)Cc1ccccc1S2. The van der Waals surface area contributed by atoms with Crippen molar-refractivity contribution in [2.45, 2.75) is 51.2 Å². The maximum atomic E-state index is 12.5. The monoisotopic (exact) mass is 1040 g/mol. The Bertz CT molecular complexity index is 3070. The molecular weight excluding hydrogens is 987 g/mol. The Balaban J connectivity index is 0.000000138. The molecule has 0 N–H and O–H groups in total. The molecule has 11 rings (SSSR count). The van der Waals surface area contributed by atoms with E-state index in [1.165, 1.54) is 41.8 Å². The van der Waals surface area contributed by atoms with E-state index >= 15 is 0 Å². The highest BCUT2D eigenvalue weighted by Crippen LogP contribution is 2.41. The summed E-state index contributed by atoms with van der Waals surface area (Å²) in [5.74, 6) is 1.31. The average Bonchev–Trinajstić information content (AvgIpc) is 3.39. The van der Waals surface area contributed by atoms with Crippen molar-refractivity contribution >= 4 is 72.5 Å². The van der Waals surface area contributed by atoms with Crippen LogP contribution in [0.15, 0.2) is 175 Å². The molecule has 2 saturated heterocycles. The molecule has 0 aliphatic carbocycles. The van der Waals surface area contributed by atoms with Crippen LogP contribution in [0.2, 0.25) is 0 Å². The van der Waals surface area contributed by atoms with Crippen LogP contribution in [0.1, 0.15) is 51.4 Å². The first-order valence-corrected chi connectivity index (χ1v) is 26.9. The van der Waals surface area contributed by atoms with Crippen molar-refractivity contribution in [3.8, 4) is 0 Å². The van der Waals surface area contributed by atoms with Gasteiger partial charge in [-0.3, -0.25) is 4.99 Å². The van der Waals surface area contributed by atoms with Crippen LogP contribution >= 0.6 is 39.5 Å². The number of ether oxygens (including phenoxy) is 2. The van der Waals surface area contributed by atoms with Gasteiger partial charge in [-0.2, -0.15) is 0 Å². The van der Waals surface area contributed by atoms with E-state index in [-0.39, 0.29) is 5.88 Å². The van der Waals surface area contributed by atoms with Gasteiger partial charge in [-0.1, -0.05) is 96.3 Å². The van der Waals surface area contributed by atoms with Gasteiger partial charge >= 0.3 is 0 Å². The lowest BCUT2D eigenvalue weighted by Gasteiger charge is -2.26. The number of benzene rings is 5. The smallest absolute Gasteiger partial charge is 0.225 e. The second kappa shape index (κ2) is 22.4. The Labute approximate surface area is 421 Å². The zero-order valence-electron chi connectivity index (χ0n) is 38.6. The summed E-state index contributed by atoms with van der Waals surface area (Å²) in [5, 5.41) is 0. The number of sulfone groups is 1. The minimum absolute atomic E-state index is 0.240. The highest BCUT2D eigenvalue weighted by Gasteiger charge is 2.20. The van der Waals surface area contributed by atoms with Crippen molar-refractivity contribution in [3.05, 3.63) is 190 Å². The zero-order chi connectivity index (χ0) is 47.7. The second-order valence-electron chi connectivity index (χ2n) is 16.9. The predicted octanol–water partition coefficient (Wildman–Crippen LogP) is 10.8. The summed E-state index contributed by atoms with van der Waals surface area (Å²) in [7, 11) is -3.43. The lowest BCUT2D eigenvalue weighted by molar-refractivity contribution is 0.122. The molecule has 2 fully saturated rings. The third-order valence-corrected chi connectivity index (χ3v) is 16.4. The van der Waals surface area contributed by atoms with Crippen molar-refractivity contribution in [1.82, 2.24) is 19.9 Å². The summed E-state index contributed by atoms with van der Waals surface area (Å²) in [6.07, 6.45) is 9.14. The number of hydrogen-bond acceptors (Lipinski definition) is 13. The second-order valence-corrected chi connectivity index (χ2v) is 21.9. The Kier molecular flexibility index (Phi) is 15.7. The van der Waals surface area contributed by atoms with Gasteiger partial charge in [-0.05, 0) is 130 Å². The van der Waals surface area contributed by atoms with Crippen molar-refractivity contribution < 1.29 is 17.9 Å². The first-order valence-electron chi connectivity index (χ1n) is 22.8. The molecule has 15 heteroatoms. The molecule has 0 radical (unpaired) electrons. The van der Waals surface area contributed by atoms with Gasteiger partial charge < -0.3 is 19.3 Å². The average molecular weight is 1040 g/mol. The van der Waals surface area contributed by atoms with Crippen LogP contribution in [-0.4, -0.2) is 92.5 Å². The molecule has 0 saturated carbocycles. The molecule has 4 aliphatic heterocycles. The van der Waals surface area contributed by atoms with E-state index < -0.39 is 9.84 Å². The van der Waals surface area contributed by atoms with Crippen molar-refractivity contribution in [2.75, 3.05) is 68.3 Å². The molecular formula is C54H52BrN7O4S3. The van der Waals surface area contributed by atoms with Crippen molar-refractivity contribution in [3.63, 3.8) is 0 Å². The Morgan fingerprint density at radius 3 is 1.62 bits per heavy atom. The van der Waals surface area contributed by atoms with Gasteiger partial charge in [0.2, 0.25) is 11.9 Å². The number of aromatic nitrogens is 4. The fraction of sp³-hybridized carbons (Fsp3) is 0.241. The van der Waals surface area contributed by atoms with Crippen LogP contribution in [0.3, 0.4) is 0 Å². The van der Waals surface area contributed by atoms with Crippen LogP contribution < -0.4 is 9.80 Å². The summed E-state index contributed by atoms with van der Waals surface area (Å²) >= 11 is 6.93. The molecule has 69 heavy (non-hydrogen) atoms. The number of hydrogen-bond donors (Lipinski definition) is 0. The molecule has 0 atom stereocenters. The maximum absolute atomic E-state index is 12.5. The number of morpholine rings is 2. The summed E-state index contributed by atoms with van der Waals surface area (Å²) in [6, 6.07) is 36.9. The minimum Gasteiger partial charge on any atom is -0.378 e. The normalized spacial score (nSPS) is 15.2. The number of fused-ring (bicyclic) bond motifs is 4. The van der Waals surface area contributed by atoms with Gasteiger partial charge in [0.25, 0.3) is 0 Å². The molecule has 6 heterocycles. The highest BCUT2D eigenvalue weighted by atomic mass is 79.9. The molecule has 0 spiro atoms. The molecule has 7 aromatic rings. The van der Waals surface area contributed by atoms with Gasteiger partial charge in [0.15, 0.2) is 9.84 Å². The molecule has 4 aliphatic rings. The van der Waals surface area contributed by atoms with Gasteiger partial charge in [-0.25, -0.2) is 28.4 Å². The fourth-order valence-electron chi connectivity index (χ4n) is 8.09. The van der Waals surface area contributed by atoms with E-state index in [0.717, 1.165) is 115 Å².